The van der Waals surface area contributed by atoms with Crippen molar-refractivity contribution in [2.24, 2.45) is 5.11 Å². The Kier molecular flexibility index (Phi) is 11.5. The van der Waals surface area contributed by atoms with Crippen molar-refractivity contribution >= 4 is 23.8 Å². The van der Waals surface area contributed by atoms with Crippen LogP contribution in [0, 0.1) is 11.8 Å². The van der Waals surface area contributed by atoms with Crippen LogP contribution in [-0.2, 0) is 30.3 Å². The number of ether oxygens (including phenoxy) is 3. The number of azide groups is 1. The number of hydrogen-bond acceptors (Lipinski definition) is 8. The SMILES string of the molecule is CC(C)(C)OC(=O)N(CCC#Cc1ccc2c(c1)CN(C1CCC(=O)NC1=O)C2=O)CCOCCOCCN=[N+]=[N-]. The number of carbonyl (C=O) groups is 4. The molecule has 0 spiro atoms. The van der Waals surface area contributed by atoms with E-state index in [9.17, 15) is 19.2 Å². The monoisotopic (exact) mass is 568 g/mol. The summed E-state index contributed by atoms with van der Waals surface area (Å²) in [5.41, 5.74) is 9.62. The Morgan fingerprint density at radius 1 is 1.17 bits per heavy atom. The van der Waals surface area contributed by atoms with Gasteiger partial charge in [-0.15, -0.1) is 0 Å². The number of fused-ring (bicyclic) bond motifs is 1. The van der Waals surface area contributed by atoms with E-state index in [2.05, 4.69) is 27.2 Å². The smallest absolute Gasteiger partial charge is 0.410 e. The lowest BCUT2D eigenvalue weighted by molar-refractivity contribution is -0.136. The van der Waals surface area contributed by atoms with Crippen molar-refractivity contribution in [1.29, 1.82) is 0 Å². The molecule has 0 bridgehead atoms. The van der Waals surface area contributed by atoms with E-state index >= 15 is 0 Å². The third kappa shape index (κ3) is 9.79. The number of nitrogens with one attached hydrogen (secondary N) is 1. The van der Waals surface area contributed by atoms with Gasteiger partial charge in [0.2, 0.25) is 11.8 Å². The highest BCUT2D eigenvalue weighted by atomic mass is 16.6. The highest BCUT2D eigenvalue weighted by Gasteiger charge is 2.39. The van der Waals surface area contributed by atoms with E-state index < -0.39 is 23.6 Å². The van der Waals surface area contributed by atoms with E-state index in [0.29, 0.717) is 56.9 Å². The summed E-state index contributed by atoms with van der Waals surface area (Å²) in [6.45, 7) is 7.86. The van der Waals surface area contributed by atoms with Crippen molar-refractivity contribution in [3.63, 3.8) is 0 Å². The van der Waals surface area contributed by atoms with Crippen LogP contribution in [-0.4, -0.2) is 91.3 Å². The second-order valence-electron chi connectivity index (χ2n) is 10.5. The first-order valence-electron chi connectivity index (χ1n) is 13.5. The van der Waals surface area contributed by atoms with Crippen molar-refractivity contribution in [1.82, 2.24) is 15.1 Å². The maximum atomic E-state index is 12.9. The number of nitrogens with zero attached hydrogens (tertiary/aromatic N) is 5. The maximum Gasteiger partial charge on any atom is 0.410 e. The molecule has 1 aromatic rings. The summed E-state index contributed by atoms with van der Waals surface area (Å²) in [6.07, 6.45) is 0.440. The van der Waals surface area contributed by atoms with Crippen molar-refractivity contribution < 1.29 is 33.4 Å². The molecule has 220 valence electrons. The van der Waals surface area contributed by atoms with E-state index in [-0.39, 0.29) is 37.9 Å². The van der Waals surface area contributed by atoms with Crippen LogP contribution in [0.1, 0.15) is 61.5 Å². The minimum absolute atomic E-state index is 0.203. The van der Waals surface area contributed by atoms with Crippen molar-refractivity contribution in [3.05, 3.63) is 45.3 Å². The second kappa shape index (κ2) is 15.0. The summed E-state index contributed by atoms with van der Waals surface area (Å²) >= 11 is 0. The molecule has 1 saturated heterocycles. The molecule has 41 heavy (non-hydrogen) atoms. The third-order valence-corrected chi connectivity index (χ3v) is 6.19. The number of rotatable bonds is 12. The van der Waals surface area contributed by atoms with Gasteiger partial charge in [0.25, 0.3) is 5.91 Å². The fourth-order valence-electron chi connectivity index (χ4n) is 4.28. The fraction of sp³-hybridized carbons (Fsp3) is 0.571. The number of amides is 4. The van der Waals surface area contributed by atoms with Gasteiger partial charge in [0.1, 0.15) is 11.6 Å². The molecule has 4 amide bonds. The molecule has 1 fully saturated rings. The highest BCUT2D eigenvalue weighted by molar-refractivity contribution is 6.05. The molecule has 13 heteroatoms. The quantitative estimate of drug-likeness (QED) is 0.101. The zero-order valence-corrected chi connectivity index (χ0v) is 23.7. The lowest BCUT2D eigenvalue weighted by Gasteiger charge is -2.29. The summed E-state index contributed by atoms with van der Waals surface area (Å²) in [5.74, 6) is 5.16. The Hall–Kier alpha value is -4.11. The molecule has 1 N–H and O–H groups in total. The Morgan fingerprint density at radius 2 is 1.93 bits per heavy atom. The predicted octanol–water partition coefficient (Wildman–Crippen LogP) is 2.77. The predicted molar refractivity (Wildman–Crippen MR) is 147 cm³/mol. The van der Waals surface area contributed by atoms with Gasteiger partial charge in [-0.25, -0.2) is 4.79 Å². The minimum atomic E-state index is -0.665. The molecular formula is C28H36N6O7. The Balaban J connectivity index is 1.52. The lowest BCUT2D eigenvalue weighted by atomic mass is 10.0. The van der Waals surface area contributed by atoms with Crippen LogP contribution >= 0.6 is 0 Å². The average Bonchev–Trinajstić information content (AvgIpc) is 3.23. The number of benzene rings is 1. The van der Waals surface area contributed by atoms with Crippen LogP contribution in [0.5, 0.6) is 0 Å². The van der Waals surface area contributed by atoms with E-state index in [1.165, 1.54) is 4.90 Å². The topological polar surface area (TPSA) is 163 Å². The zero-order valence-electron chi connectivity index (χ0n) is 23.7. The first-order valence-corrected chi connectivity index (χ1v) is 13.5. The molecule has 0 aromatic heterocycles. The van der Waals surface area contributed by atoms with E-state index in [4.69, 9.17) is 19.7 Å². The van der Waals surface area contributed by atoms with Gasteiger partial charge >= 0.3 is 6.09 Å². The molecule has 3 rings (SSSR count). The highest BCUT2D eigenvalue weighted by Crippen LogP contribution is 2.28. The summed E-state index contributed by atoms with van der Waals surface area (Å²) in [4.78, 5) is 55.0. The molecule has 2 aliphatic rings. The summed E-state index contributed by atoms with van der Waals surface area (Å²) < 4.78 is 16.4. The maximum absolute atomic E-state index is 12.9. The molecule has 0 radical (unpaired) electrons. The Morgan fingerprint density at radius 3 is 2.63 bits per heavy atom. The van der Waals surface area contributed by atoms with Gasteiger partial charge in [-0.2, -0.15) is 0 Å². The minimum Gasteiger partial charge on any atom is -0.444 e. The fourth-order valence-corrected chi connectivity index (χ4v) is 4.28. The largest absolute Gasteiger partial charge is 0.444 e. The third-order valence-electron chi connectivity index (χ3n) is 6.19. The molecule has 1 atom stereocenters. The van der Waals surface area contributed by atoms with Crippen LogP contribution in [0.2, 0.25) is 0 Å². The summed E-state index contributed by atoms with van der Waals surface area (Å²) in [5, 5.41) is 5.68. The van der Waals surface area contributed by atoms with Crippen LogP contribution in [0.4, 0.5) is 4.79 Å². The van der Waals surface area contributed by atoms with Gasteiger partial charge < -0.3 is 24.0 Å². The number of piperidine rings is 1. The van der Waals surface area contributed by atoms with Crippen LogP contribution in [0.15, 0.2) is 23.3 Å². The van der Waals surface area contributed by atoms with Gasteiger partial charge in [-0.05, 0) is 56.5 Å². The van der Waals surface area contributed by atoms with Gasteiger partial charge in [0.05, 0.1) is 26.4 Å². The molecular weight excluding hydrogens is 532 g/mol. The lowest BCUT2D eigenvalue weighted by Crippen LogP contribution is -2.52. The molecule has 2 aliphatic heterocycles. The van der Waals surface area contributed by atoms with Gasteiger partial charge in [-0.1, -0.05) is 17.0 Å². The second-order valence-corrected chi connectivity index (χ2v) is 10.5. The first kappa shape index (κ1) is 31.4. The van der Waals surface area contributed by atoms with Crippen LogP contribution in [0.25, 0.3) is 10.4 Å². The number of carbonyl (C=O) groups excluding carboxylic acids is 4. The zero-order chi connectivity index (χ0) is 29.8. The molecule has 0 aliphatic carbocycles. The summed E-state index contributed by atoms with van der Waals surface area (Å²) in [7, 11) is 0. The molecule has 1 unspecified atom stereocenters. The van der Waals surface area contributed by atoms with E-state index in [1.54, 1.807) is 37.8 Å². The number of imide groups is 1. The van der Waals surface area contributed by atoms with Crippen LogP contribution in [0.3, 0.4) is 0 Å². The molecule has 1 aromatic carbocycles. The Bertz CT molecular complexity index is 1240. The van der Waals surface area contributed by atoms with Gasteiger partial charge in [0, 0.05) is 55.1 Å². The molecule has 13 nitrogen and oxygen atoms in total. The van der Waals surface area contributed by atoms with Crippen molar-refractivity contribution in [2.75, 3.05) is 46.1 Å². The normalized spacial score (nSPS) is 16.3. The van der Waals surface area contributed by atoms with Gasteiger partial charge in [-0.3, -0.25) is 19.7 Å². The first-order chi connectivity index (χ1) is 19.6. The van der Waals surface area contributed by atoms with Crippen molar-refractivity contribution in [3.8, 4) is 11.8 Å². The van der Waals surface area contributed by atoms with Crippen LogP contribution < -0.4 is 5.32 Å². The molecule has 2 heterocycles. The van der Waals surface area contributed by atoms with Crippen molar-refractivity contribution in [2.45, 2.75) is 58.2 Å². The number of hydrogen-bond donors (Lipinski definition) is 1. The van der Waals surface area contributed by atoms with E-state index in [0.717, 1.165) is 5.56 Å². The average molecular weight is 569 g/mol. The van der Waals surface area contributed by atoms with Gasteiger partial charge in [0.15, 0.2) is 0 Å². The van der Waals surface area contributed by atoms with E-state index in [1.807, 2.05) is 6.07 Å². The summed E-state index contributed by atoms with van der Waals surface area (Å²) in [6, 6.07) is 4.63. The standard InChI is InChI=1S/C28H36N6O7/c1-28(2,3)41-27(38)33(13-15-40-17-16-39-14-11-30-32-29)12-5-4-6-20-7-8-22-21(18-20)19-34(26(22)37)23-9-10-24(35)31-25(23)36/h7-8,18,23H,5,9-17,19H2,1-3H3,(H,31,35,36). The molecule has 0 saturated carbocycles. The Labute approximate surface area is 239 Å².